The molecule has 1 heterocycles. The van der Waals surface area contributed by atoms with Crippen LogP contribution in [-0.2, 0) is 6.54 Å². The second kappa shape index (κ2) is 5.49. The van der Waals surface area contributed by atoms with Gasteiger partial charge in [-0.15, -0.1) is 0 Å². The summed E-state index contributed by atoms with van der Waals surface area (Å²) in [5.74, 6) is 5.21. The second-order valence-corrected chi connectivity index (χ2v) is 4.22. The molecule has 1 aromatic heterocycles. The number of hydrazine groups is 1. The van der Waals surface area contributed by atoms with Gasteiger partial charge in [-0.3, -0.25) is 20.8 Å². The van der Waals surface area contributed by atoms with Gasteiger partial charge in [-0.2, -0.15) is 5.10 Å². The zero-order chi connectivity index (χ0) is 14.7. The van der Waals surface area contributed by atoms with Crippen LogP contribution in [0.4, 0.5) is 11.4 Å². The largest absolute Gasteiger partial charge is 0.318 e. The average Bonchev–Trinajstić information content (AvgIpc) is 2.42. The summed E-state index contributed by atoms with van der Waals surface area (Å²) < 4.78 is 1.25. The molecule has 2 rings (SSSR count). The summed E-state index contributed by atoms with van der Waals surface area (Å²) in [5.41, 5.74) is 3.35. The number of nitro benzene ring substituents is 1. The molecule has 104 valence electrons. The first-order valence-electron chi connectivity index (χ1n) is 5.80. The van der Waals surface area contributed by atoms with Crippen molar-refractivity contribution in [1.29, 1.82) is 0 Å². The molecule has 0 amide bonds. The third-order valence-electron chi connectivity index (χ3n) is 2.75. The van der Waals surface area contributed by atoms with E-state index in [0.29, 0.717) is 11.3 Å². The van der Waals surface area contributed by atoms with E-state index in [9.17, 15) is 14.9 Å². The number of nitrogens with zero attached hydrogens (tertiary/aromatic N) is 3. The van der Waals surface area contributed by atoms with Crippen molar-refractivity contribution in [3.05, 3.63) is 62.1 Å². The number of rotatable bonds is 4. The Balaban J connectivity index is 2.39. The molecule has 0 saturated heterocycles. The molecule has 0 fully saturated rings. The Hall–Kier alpha value is -2.74. The summed E-state index contributed by atoms with van der Waals surface area (Å²) in [7, 11) is 0. The summed E-state index contributed by atoms with van der Waals surface area (Å²) in [6.45, 7) is 1.92. The zero-order valence-electron chi connectivity index (χ0n) is 10.7. The van der Waals surface area contributed by atoms with Gasteiger partial charge in [0.25, 0.3) is 11.2 Å². The van der Waals surface area contributed by atoms with E-state index in [-0.39, 0.29) is 23.5 Å². The fraction of sp³-hybridized carbons (Fsp3) is 0.167. The van der Waals surface area contributed by atoms with Crippen LogP contribution in [0.3, 0.4) is 0 Å². The minimum atomic E-state index is -0.537. The van der Waals surface area contributed by atoms with E-state index in [2.05, 4.69) is 10.5 Å². The lowest BCUT2D eigenvalue weighted by molar-refractivity contribution is -0.384. The van der Waals surface area contributed by atoms with Crippen molar-refractivity contribution in [1.82, 2.24) is 9.78 Å². The molecule has 2 aromatic rings. The number of hydrogen-bond donors (Lipinski definition) is 2. The predicted molar refractivity (Wildman–Crippen MR) is 73.2 cm³/mol. The maximum absolute atomic E-state index is 11.7. The number of aryl methyl sites for hydroxylation is 1. The zero-order valence-corrected chi connectivity index (χ0v) is 10.7. The number of benzene rings is 1. The highest BCUT2D eigenvalue weighted by Gasteiger charge is 2.14. The third kappa shape index (κ3) is 2.81. The monoisotopic (exact) mass is 275 g/mol. The number of aromatic nitrogens is 2. The van der Waals surface area contributed by atoms with Crippen molar-refractivity contribution in [3.8, 4) is 0 Å². The number of nitrogen functional groups attached to an aromatic ring is 1. The van der Waals surface area contributed by atoms with Gasteiger partial charge < -0.3 is 5.43 Å². The van der Waals surface area contributed by atoms with Crippen molar-refractivity contribution in [2.45, 2.75) is 13.5 Å². The number of nitrogens with two attached hydrogens (primary N) is 1. The molecule has 0 aliphatic carbocycles. The first-order valence-corrected chi connectivity index (χ1v) is 5.80. The summed E-state index contributed by atoms with van der Waals surface area (Å²) in [6.07, 6.45) is 0. The molecular weight excluding hydrogens is 262 g/mol. The Morgan fingerprint density at radius 2 is 2.15 bits per heavy atom. The number of anilines is 1. The van der Waals surface area contributed by atoms with E-state index in [1.807, 2.05) is 0 Å². The highest BCUT2D eigenvalue weighted by atomic mass is 16.6. The van der Waals surface area contributed by atoms with Crippen LogP contribution in [0.5, 0.6) is 0 Å². The summed E-state index contributed by atoms with van der Waals surface area (Å²) in [4.78, 5) is 22.0. The van der Waals surface area contributed by atoms with E-state index >= 15 is 0 Å². The Bertz CT molecular complexity index is 710. The van der Waals surface area contributed by atoms with E-state index in [0.717, 1.165) is 0 Å². The van der Waals surface area contributed by atoms with Gasteiger partial charge in [-0.05, 0) is 24.6 Å². The van der Waals surface area contributed by atoms with Gasteiger partial charge in [-0.1, -0.05) is 6.07 Å². The number of hydrogen-bond acceptors (Lipinski definition) is 6. The molecule has 0 bridgehead atoms. The van der Waals surface area contributed by atoms with Crippen LogP contribution in [0.15, 0.2) is 35.1 Å². The minimum absolute atomic E-state index is 0.147. The van der Waals surface area contributed by atoms with Gasteiger partial charge >= 0.3 is 0 Å². The highest BCUT2D eigenvalue weighted by molar-refractivity contribution is 5.61. The summed E-state index contributed by atoms with van der Waals surface area (Å²) in [5, 5.41) is 15.0. The van der Waals surface area contributed by atoms with Crippen LogP contribution < -0.4 is 16.8 Å². The number of nitrogens with one attached hydrogen (secondary N) is 1. The van der Waals surface area contributed by atoms with Gasteiger partial charge in [0.05, 0.1) is 17.2 Å². The van der Waals surface area contributed by atoms with E-state index in [4.69, 9.17) is 5.84 Å². The molecule has 0 spiro atoms. The van der Waals surface area contributed by atoms with E-state index in [1.165, 1.54) is 22.9 Å². The fourth-order valence-electron chi connectivity index (χ4n) is 1.79. The van der Waals surface area contributed by atoms with Crippen molar-refractivity contribution < 1.29 is 4.92 Å². The van der Waals surface area contributed by atoms with Gasteiger partial charge in [0.1, 0.15) is 5.69 Å². The van der Waals surface area contributed by atoms with Crippen molar-refractivity contribution in [3.63, 3.8) is 0 Å². The lowest BCUT2D eigenvalue weighted by Gasteiger charge is -2.07. The minimum Gasteiger partial charge on any atom is -0.318 e. The Labute approximate surface area is 114 Å². The van der Waals surface area contributed by atoms with E-state index in [1.54, 1.807) is 19.1 Å². The molecular formula is C12H13N5O3. The van der Waals surface area contributed by atoms with Crippen molar-refractivity contribution in [2.75, 3.05) is 5.43 Å². The van der Waals surface area contributed by atoms with Crippen LogP contribution in [0.1, 0.15) is 11.3 Å². The lowest BCUT2D eigenvalue weighted by Crippen LogP contribution is -2.23. The van der Waals surface area contributed by atoms with E-state index < -0.39 is 4.92 Å². The van der Waals surface area contributed by atoms with Gasteiger partial charge in [0.15, 0.2) is 0 Å². The smallest absolute Gasteiger partial charge is 0.293 e. The lowest BCUT2D eigenvalue weighted by atomic mass is 10.1. The fourth-order valence-corrected chi connectivity index (χ4v) is 1.79. The third-order valence-corrected chi connectivity index (χ3v) is 2.75. The quantitative estimate of drug-likeness (QED) is 0.484. The standard InChI is InChI=1S/C12H13N5O3/c1-8-2-5-12(18)16(15-8)7-9-3-4-10(14-13)11(6-9)17(19)20/h2-6,14H,7,13H2,1H3. The molecule has 0 unspecified atom stereocenters. The summed E-state index contributed by atoms with van der Waals surface area (Å²) in [6, 6.07) is 7.54. The molecule has 20 heavy (non-hydrogen) atoms. The summed E-state index contributed by atoms with van der Waals surface area (Å²) >= 11 is 0. The number of nitro groups is 1. The molecule has 0 aliphatic heterocycles. The molecule has 0 radical (unpaired) electrons. The van der Waals surface area contributed by atoms with Crippen LogP contribution in [-0.4, -0.2) is 14.7 Å². The highest BCUT2D eigenvalue weighted by Crippen LogP contribution is 2.24. The van der Waals surface area contributed by atoms with Crippen molar-refractivity contribution >= 4 is 11.4 Å². The molecule has 8 heteroatoms. The molecule has 0 saturated carbocycles. The van der Waals surface area contributed by atoms with Crippen LogP contribution in [0.25, 0.3) is 0 Å². The first-order chi connectivity index (χ1) is 9.51. The van der Waals surface area contributed by atoms with Crippen LogP contribution in [0, 0.1) is 17.0 Å². The Morgan fingerprint density at radius 1 is 1.40 bits per heavy atom. The van der Waals surface area contributed by atoms with Crippen molar-refractivity contribution in [2.24, 2.45) is 5.84 Å². The molecule has 1 aromatic carbocycles. The molecule has 3 N–H and O–H groups in total. The topological polar surface area (TPSA) is 116 Å². The molecule has 8 nitrogen and oxygen atoms in total. The van der Waals surface area contributed by atoms with Crippen LogP contribution in [0.2, 0.25) is 0 Å². The normalized spacial score (nSPS) is 10.3. The van der Waals surface area contributed by atoms with Gasteiger partial charge in [0, 0.05) is 12.1 Å². The second-order valence-electron chi connectivity index (χ2n) is 4.22. The maximum Gasteiger partial charge on any atom is 0.293 e. The predicted octanol–water partition coefficient (Wildman–Crippen LogP) is 0.794. The Kier molecular flexibility index (Phi) is 3.76. The first kappa shape index (κ1) is 13.7. The Morgan fingerprint density at radius 3 is 2.80 bits per heavy atom. The van der Waals surface area contributed by atoms with Gasteiger partial charge in [0.2, 0.25) is 0 Å². The molecule has 0 atom stereocenters. The average molecular weight is 275 g/mol. The SMILES string of the molecule is Cc1ccc(=O)n(Cc2ccc(NN)c([N+](=O)[O-])c2)n1. The van der Waals surface area contributed by atoms with Gasteiger partial charge in [-0.25, -0.2) is 4.68 Å². The maximum atomic E-state index is 11.7. The van der Waals surface area contributed by atoms with Crippen LogP contribution >= 0.6 is 0 Å². The molecule has 0 aliphatic rings.